The van der Waals surface area contributed by atoms with Gasteiger partial charge in [0.15, 0.2) is 5.82 Å². The predicted molar refractivity (Wildman–Crippen MR) is 114 cm³/mol. The minimum atomic E-state index is -0.323. The molecule has 4 rings (SSSR count). The molecule has 0 saturated carbocycles. The highest BCUT2D eigenvalue weighted by Gasteiger charge is 2.14. The highest BCUT2D eigenvalue weighted by molar-refractivity contribution is 6.08. The Morgan fingerprint density at radius 1 is 0.933 bits per heavy atom. The molecular formula is C23H21N3O4. The molecule has 0 fully saturated rings. The van der Waals surface area contributed by atoms with E-state index in [2.05, 4.69) is 15.5 Å². The number of H-pyrrole nitrogens is 1. The summed E-state index contributed by atoms with van der Waals surface area (Å²) in [7, 11) is 3.07. The second kappa shape index (κ2) is 8.57. The van der Waals surface area contributed by atoms with Crippen molar-refractivity contribution < 1.29 is 19.0 Å². The summed E-state index contributed by atoms with van der Waals surface area (Å²) in [6.45, 7) is 0.454. The topological polar surface area (TPSA) is 85.5 Å². The number of hydrogen-bond donors (Lipinski definition) is 2. The fraction of sp³-hybridized carbons (Fsp3) is 0.130. The fourth-order valence-corrected chi connectivity index (χ4v) is 3.04. The quantitative estimate of drug-likeness (QED) is 0.477. The lowest BCUT2D eigenvalue weighted by atomic mass is 10.1. The highest BCUT2D eigenvalue weighted by atomic mass is 16.5. The van der Waals surface area contributed by atoms with E-state index in [1.165, 1.54) is 14.2 Å². The van der Waals surface area contributed by atoms with E-state index in [-0.39, 0.29) is 5.91 Å². The molecule has 7 heteroatoms. The zero-order valence-corrected chi connectivity index (χ0v) is 16.6. The van der Waals surface area contributed by atoms with Crippen molar-refractivity contribution in [3.63, 3.8) is 0 Å². The Bertz CT molecular complexity index is 1150. The van der Waals surface area contributed by atoms with Crippen molar-refractivity contribution in [1.82, 2.24) is 10.2 Å². The maximum Gasteiger partial charge on any atom is 0.257 e. The fourth-order valence-electron chi connectivity index (χ4n) is 3.04. The van der Waals surface area contributed by atoms with Crippen molar-refractivity contribution in [3.05, 3.63) is 77.9 Å². The molecular weight excluding hydrogens is 382 g/mol. The summed E-state index contributed by atoms with van der Waals surface area (Å²) in [5.74, 6) is 1.84. The predicted octanol–water partition coefficient (Wildman–Crippen LogP) is 4.41. The number of methoxy groups -OCH3 is 2. The summed E-state index contributed by atoms with van der Waals surface area (Å²) in [4.78, 5) is 12.8. The summed E-state index contributed by atoms with van der Waals surface area (Å²) in [6.07, 6.45) is 0. The first kappa shape index (κ1) is 19.3. The lowest BCUT2D eigenvalue weighted by Gasteiger charge is -2.09. The molecule has 0 spiro atoms. The number of nitrogens with zero attached hydrogens (tertiary/aromatic N) is 1. The summed E-state index contributed by atoms with van der Waals surface area (Å²) in [5, 5.41) is 10.7. The number of amides is 1. The average Bonchev–Trinajstić information content (AvgIpc) is 3.19. The van der Waals surface area contributed by atoms with Gasteiger partial charge in [-0.15, -0.1) is 0 Å². The molecule has 0 aliphatic heterocycles. The highest BCUT2D eigenvalue weighted by Crippen LogP contribution is 2.27. The molecule has 3 aromatic carbocycles. The van der Waals surface area contributed by atoms with Crippen molar-refractivity contribution in [2.24, 2.45) is 0 Å². The van der Waals surface area contributed by atoms with Crippen LogP contribution in [0.3, 0.4) is 0 Å². The molecule has 0 unspecified atom stereocenters. The molecule has 0 atom stereocenters. The molecule has 4 aromatic rings. The Kier molecular flexibility index (Phi) is 5.52. The van der Waals surface area contributed by atoms with Crippen molar-refractivity contribution in [1.29, 1.82) is 0 Å². The number of aromatic amines is 1. The van der Waals surface area contributed by atoms with Crippen molar-refractivity contribution in [2.75, 3.05) is 19.5 Å². The van der Waals surface area contributed by atoms with Gasteiger partial charge < -0.3 is 19.5 Å². The largest absolute Gasteiger partial charge is 0.497 e. The van der Waals surface area contributed by atoms with Gasteiger partial charge in [0.2, 0.25) is 0 Å². The van der Waals surface area contributed by atoms with Gasteiger partial charge >= 0.3 is 0 Å². The van der Waals surface area contributed by atoms with E-state index < -0.39 is 0 Å². The molecule has 0 saturated heterocycles. The van der Waals surface area contributed by atoms with Gasteiger partial charge in [-0.1, -0.05) is 30.3 Å². The monoisotopic (exact) mass is 403 g/mol. The first-order chi connectivity index (χ1) is 14.7. The van der Waals surface area contributed by atoms with Crippen LogP contribution in [0, 0.1) is 0 Å². The zero-order chi connectivity index (χ0) is 20.9. The van der Waals surface area contributed by atoms with Gasteiger partial charge in [0, 0.05) is 17.0 Å². The van der Waals surface area contributed by atoms with E-state index in [1.54, 1.807) is 18.2 Å². The minimum absolute atomic E-state index is 0.323. The molecule has 0 aliphatic rings. The van der Waals surface area contributed by atoms with Gasteiger partial charge in [-0.3, -0.25) is 9.89 Å². The van der Waals surface area contributed by atoms with Gasteiger partial charge in [0.25, 0.3) is 5.91 Å². The SMILES string of the molecule is COc1cc(OC)cc(C(=O)Nc2n[nH]c3ccc(OCc4ccccc4)cc23)c1. The maximum atomic E-state index is 12.8. The van der Waals surface area contributed by atoms with E-state index >= 15 is 0 Å². The second-order valence-corrected chi connectivity index (χ2v) is 6.61. The molecule has 1 heterocycles. The average molecular weight is 403 g/mol. The molecule has 0 bridgehead atoms. The molecule has 30 heavy (non-hydrogen) atoms. The van der Waals surface area contributed by atoms with Crippen LogP contribution in [0.2, 0.25) is 0 Å². The van der Waals surface area contributed by atoms with Gasteiger partial charge in [-0.2, -0.15) is 5.10 Å². The van der Waals surface area contributed by atoms with Gasteiger partial charge in [-0.25, -0.2) is 0 Å². The van der Waals surface area contributed by atoms with Crippen molar-refractivity contribution in [2.45, 2.75) is 6.61 Å². The van der Waals surface area contributed by atoms with E-state index in [9.17, 15) is 4.79 Å². The summed E-state index contributed by atoms with van der Waals surface area (Å²) >= 11 is 0. The number of carbonyl (C=O) groups is 1. The minimum Gasteiger partial charge on any atom is -0.497 e. The molecule has 0 aliphatic carbocycles. The van der Waals surface area contributed by atoms with Crippen LogP contribution in [0.1, 0.15) is 15.9 Å². The van der Waals surface area contributed by atoms with Crippen LogP contribution >= 0.6 is 0 Å². The number of carbonyl (C=O) groups excluding carboxylic acids is 1. The van der Waals surface area contributed by atoms with Crippen LogP contribution in [0.15, 0.2) is 66.7 Å². The molecule has 1 amide bonds. The summed E-state index contributed by atoms with van der Waals surface area (Å²) in [5.41, 5.74) is 2.27. The Morgan fingerprint density at radius 2 is 1.67 bits per heavy atom. The number of fused-ring (bicyclic) bond motifs is 1. The normalized spacial score (nSPS) is 10.6. The van der Waals surface area contributed by atoms with E-state index in [1.807, 2.05) is 48.5 Å². The zero-order valence-electron chi connectivity index (χ0n) is 16.6. The number of benzene rings is 3. The molecule has 2 N–H and O–H groups in total. The van der Waals surface area contributed by atoms with Crippen LogP contribution < -0.4 is 19.5 Å². The first-order valence-electron chi connectivity index (χ1n) is 9.35. The Balaban J connectivity index is 1.55. The van der Waals surface area contributed by atoms with Crippen LogP contribution in [0.5, 0.6) is 17.2 Å². The van der Waals surface area contributed by atoms with Crippen LogP contribution in [0.25, 0.3) is 10.9 Å². The van der Waals surface area contributed by atoms with Crippen molar-refractivity contribution >= 4 is 22.6 Å². The number of ether oxygens (including phenoxy) is 3. The number of aromatic nitrogens is 2. The molecule has 1 aromatic heterocycles. The third kappa shape index (κ3) is 4.20. The number of hydrogen-bond acceptors (Lipinski definition) is 5. The maximum absolute atomic E-state index is 12.8. The van der Waals surface area contributed by atoms with Gasteiger partial charge in [0.1, 0.15) is 23.9 Å². The Labute approximate surface area is 173 Å². The van der Waals surface area contributed by atoms with Gasteiger partial charge in [-0.05, 0) is 35.9 Å². The van der Waals surface area contributed by atoms with E-state index in [0.29, 0.717) is 35.2 Å². The smallest absolute Gasteiger partial charge is 0.257 e. The molecule has 0 radical (unpaired) electrons. The van der Waals surface area contributed by atoms with Crippen LogP contribution in [0.4, 0.5) is 5.82 Å². The summed E-state index contributed by atoms with van der Waals surface area (Å²) in [6, 6.07) is 20.5. The lowest BCUT2D eigenvalue weighted by Crippen LogP contribution is -2.12. The van der Waals surface area contributed by atoms with Gasteiger partial charge in [0.05, 0.1) is 19.7 Å². The lowest BCUT2D eigenvalue weighted by molar-refractivity contribution is 0.102. The standard InChI is InChI=1S/C23H21N3O4/c1-28-18-10-16(11-19(12-18)29-2)23(27)24-22-20-13-17(8-9-21(20)25-26-22)30-14-15-6-4-3-5-7-15/h3-13H,14H2,1-2H3,(H2,24,25,26,27). The number of nitrogens with one attached hydrogen (secondary N) is 2. The summed E-state index contributed by atoms with van der Waals surface area (Å²) < 4.78 is 16.4. The number of rotatable bonds is 7. The Morgan fingerprint density at radius 3 is 2.37 bits per heavy atom. The Hall–Kier alpha value is -4.00. The second-order valence-electron chi connectivity index (χ2n) is 6.61. The van der Waals surface area contributed by atoms with Crippen LogP contribution in [-0.4, -0.2) is 30.3 Å². The molecule has 152 valence electrons. The number of anilines is 1. The third-order valence-electron chi connectivity index (χ3n) is 4.63. The third-order valence-corrected chi connectivity index (χ3v) is 4.63. The van der Waals surface area contributed by atoms with E-state index in [4.69, 9.17) is 14.2 Å². The van der Waals surface area contributed by atoms with Crippen molar-refractivity contribution in [3.8, 4) is 17.2 Å². The van der Waals surface area contributed by atoms with Crippen LogP contribution in [-0.2, 0) is 6.61 Å². The van der Waals surface area contributed by atoms with E-state index in [0.717, 1.165) is 16.5 Å². The molecule has 7 nitrogen and oxygen atoms in total. The first-order valence-corrected chi connectivity index (χ1v) is 9.35.